The molecule has 0 aliphatic rings. The number of carbonyl (C=O) groups excluding carboxylic acids is 3. The minimum absolute atomic E-state index is 0.0467. The number of alkyl carbamates (subject to hydrolysis) is 1. The van der Waals surface area contributed by atoms with Gasteiger partial charge in [-0.15, -0.1) is 0 Å². The molecule has 0 aromatic carbocycles. The molecule has 11 nitrogen and oxygen atoms in total. The van der Waals surface area contributed by atoms with Gasteiger partial charge in [-0.25, -0.2) is 10.1 Å². The Morgan fingerprint density at radius 3 is 1.56 bits per heavy atom. The van der Waals surface area contributed by atoms with Crippen molar-refractivity contribution in [2.24, 2.45) is 5.73 Å². The molecule has 0 atom stereocenters. The molecule has 0 aromatic heterocycles. The van der Waals surface area contributed by atoms with Crippen molar-refractivity contribution in [2.45, 2.75) is 79.1 Å². The van der Waals surface area contributed by atoms with Gasteiger partial charge in [0, 0.05) is 52.4 Å². The number of nitrogens with two attached hydrogens (primary N) is 1. The van der Waals surface area contributed by atoms with E-state index in [9.17, 15) is 14.4 Å². The number of rotatable bonds is 15. The molecule has 0 saturated heterocycles. The maximum atomic E-state index is 12.5. The number of hydrogen-bond acceptors (Lipinski definition) is 9. The van der Waals surface area contributed by atoms with Crippen molar-refractivity contribution >= 4 is 18.0 Å². The molecule has 0 unspecified atom stereocenters. The summed E-state index contributed by atoms with van der Waals surface area (Å²) in [5.74, 6) is -0.692. The van der Waals surface area contributed by atoms with Crippen molar-refractivity contribution in [3.63, 3.8) is 0 Å². The van der Waals surface area contributed by atoms with E-state index < -0.39 is 22.9 Å². The van der Waals surface area contributed by atoms with Gasteiger partial charge in [-0.1, -0.05) is 0 Å². The van der Waals surface area contributed by atoms with Gasteiger partial charge in [-0.2, -0.15) is 0 Å². The summed E-state index contributed by atoms with van der Waals surface area (Å²) in [6.45, 7) is 20.2. The predicted octanol–water partition coefficient (Wildman–Crippen LogP) is 1.36. The van der Waals surface area contributed by atoms with Gasteiger partial charge < -0.3 is 25.3 Å². The van der Waals surface area contributed by atoms with Crippen LogP contribution in [0.5, 0.6) is 0 Å². The van der Waals surface area contributed by atoms with Crippen molar-refractivity contribution in [2.75, 3.05) is 65.4 Å². The fourth-order valence-corrected chi connectivity index (χ4v) is 2.98. The maximum Gasteiger partial charge on any atom is 0.407 e. The van der Waals surface area contributed by atoms with Gasteiger partial charge in [-0.05, 0) is 62.3 Å². The molecule has 0 saturated carbocycles. The number of hydrogen-bond donors (Lipinski definition) is 2. The first-order valence-corrected chi connectivity index (χ1v) is 12.6. The number of ether oxygens (including phenoxy) is 3. The lowest BCUT2D eigenvalue weighted by Gasteiger charge is -2.29. The number of amides is 1. The predicted molar refractivity (Wildman–Crippen MR) is 140 cm³/mol. The summed E-state index contributed by atoms with van der Waals surface area (Å²) >= 11 is 0. The summed E-state index contributed by atoms with van der Waals surface area (Å²) < 4.78 is 16.2. The van der Waals surface area contributed by atoms with E-state index in [1.54, 1.807) is 20.8 Å². The van der Waals surface area contributed by atoms with Crippen molar-refractivity contribution in [3.05, 3.63) is 0 Å². The molecule has 0 rings (SSSR count). The zero-order valence-corrected chi connectivity index (χ0v) is 23.9. The van der Waals surface area contributed by atoms with Gasteiger partial charge in [-0.3, -0.25) is 19.4 Å². The molecule has 0 aromatic rings. The SMILES string of the molecule is CC(C)(C)OC(=O)CN(CC[N]CCN)CCN(CCNC(=O)OC(C)(C)C)CC(=O)OC(C)(C)C. The van der Waals surface area contributed by atoms with E-state index in [1.165, 1.54) is 0 Å². The molecule has 11 heteroatoms. The highest BCUT2D eigenvalue weighted by atomic mass is 16.6. The smallest absolute Gasteiger partial charge is 0.407 e. The van der Waals surface area contributed by atoms with Gasteiger partial charge in [0.05, 0.1) is 13.1 Å². The highest BCUT2D eigenvalue weighted by Crippen LogP contribution is 2.09. The highest BCUT2D eigenvalue weighted by Gasteiger charge is 2.22. The fourth-order valence-electron chi connectivity index (χ4n) is 2.98. The fraction of sp³-hybridized carbons (Fsp3) is 0.880. The minimum Gasteiger partial charge on any atom is -0.459 e. The number of nitrogens with one attached hydrogen (secondary N) is 1. The first-order valence-electron chi connectivity index (χ1n) is 12.6. The molecule has 0 fully saturated rings. The molecule has 36 heavy (non-hydrogen) atoms. The van der Waals surface area contributed by atoms with Crippen LogP contribution < -0.4 is 16.4 Å². The van der Waals surface area contributed by atoms with Crippen molar-refractivity contribution in [1.29, 1.82) is 0 Å². The van der Waals surface area contributed by atoms with Gasteiger partial charge in [0.1, 0.15) is 16.8 Å². The Morgan fingerprint density at radius 1 is 0.694 bits per heavy atom. The molecule has 0 heterocycles. The highest BCUT2D eigenvalue weighted by molar-refractivity contribution is 5.72. The van der Waals surface area contributed by atoms with E-state index in [-0.39, 0.29) is 31.6 Å². The third-order valence-corrected chi connectivity index (χ3v) is 4.24. The first-order chi connectivity index (χ1) is 16.4. The lowest BCUT2D eigenvalue weighted by molar-refractivity contribution is -0.158. The van der Waals surface area contributed by atoms with E-state index in [4.69, 9.17) is 19.9 Å². The molecule has 0 aliphatic carbocycles. The molecule has 211 valence electrons. The second-order valence-electron chi connectivity index (χ2n) is 11.6. The average molecular weight is 517 g/mol. The second-order valence-corrected chi connectivity index (χ2v) is 11.6. The van der Waals surface area contributed by atoms with Crippen LogP contribution in [0.3, 0.4) is 0 Å². The van der Waals surface area contributed by atoms with Gasteiger partial charge >= 0.3 is 18.0 Å². The Balaban J connectivity index is 5.16. The molecule has 0 aliphatic heterocycles. The van der Waals surface area contributed by atoms with Gasteiger partial charge in [0.25, 0.3) is 0 Å². The lowest BCUT2D eigenvalue weighted by Crippen LogP contribution is -2.45. The van der Waals surface area contributed by atoms with Crippen LogP contribution in [-0.4, -0.2) is 110 Å². The summed E-state index contributed by atoms with van der Waals surface area (Å²) in [7, 11) is 0. The molecule has 3 N–H and O–H groups in total. The van der Waals surface area contributed by atoms with Crippen LogP contribution in [0.4, 0.5) is 4.79 Å². The van der Waals surface area contributed by atoms with Crippen LogP contribution in [0.2, 0.25) is 0 Å². The number of esters is 2. The largest absolute Gasteiger partial charge is 0.459 e. The standard InChI is InChI=1S/C25H50N5O6/c1-23(2,3)34-20(31)18-29(14-12-27-11-10-26)16-17-30(19-21(32)35-24(4,5)6)15-13-28-22(33)36-25(7,8)9/h10-19,26H2,1-9H3,(H,28,33). The van der Waals surface area contributed by atoms with E-state index in [1.807, 2.05) is 51.3 Å². The number of nitrogens with zero attached hydrogens (tertiary/aromatic N) is 3. The van der Waals surface area contributed by atoms with Crippen LogP contribution in [0.15, 0.2) is 0 Å². The molecular weight excluding hydrogens is 466 g/mol. The van der Waals surface area contributed by atoms with Crippen molar-refractivity contribution in [1.82, 2.24) is 20.4 Å². The summed E-state index contributed by atoms with van der Waals surface area (Å²) in [6.07, 6.45) is -0.521. The Bertz CT molecular complexity index is 667. The van der Waals surface area contributed by atoms with Crippen LogP contribution in [0.25, 0.3) is 0 Å². The molecule has 0 bridgehead atoms. The first kappa shape index (κ1) is 34.0. The average Bonchev–Trinajstić information content (AvgIpc) is 2.64. The Kier molecular flexibility index (Phi) is 15.1. The van der Waals surface area contributed by atoms with Crippen LogP contribution in [0, 0.1) is 0 Å². The summed E-state index contributed by atoms with van der Waals surface area (Å²) in [6, 6.07) is 0. The quantitative estimate of drug-likeness (QED) is 0.188. The Morgan fingerprint density at radius 2 is 1.14 bits per heavy atom. The van der Waals surface area contributed by atoms with E-state index in [2.05, 4.69) is 10.6 Å². The second kappa shape index (κ2) is 16.0. The third-order valence-electron chi connectivity index (χ3n) is 4.24. The maximum absolute atomic E-state index is 12.5. The van der Waals surface area contributed by atoms with E-state index >= 15 is 0 Å². The van der Waals surface area contributed by atoms with Gasteiger partial charge in [0.15, 0.2) is 0 Å². The number of carbonyl (C=O) groups is 3. The van der Waals surface area contributed by atoms with Crippen LogP contribution >= 0.6 is 0 Å². The monoisotopic (exact) mass is 516 g/mol. The molecular formula is C25H50N5O6. The van der Waals surface area contributed by atoms with Gasteiger partial charge in [0.2, 0.25) is 0 Å². The summed E-state index contributed by atoms with van der Waals surface area (Å²) in [4.78, 5) is 40.7. The third kappa shape index (κ3) is 21.3. The molecule has 1 radical (unpaired) electrons. The summed E-state index contributed by atoms with van der Waals surface area (Å²) in [5.41, 5.74) is 3.73. The van der Waals surface area contributed by atoms with Crippen LogP contribution in [-0.2, 0) is 23.8 Å². The topological polar surface area (TPSA) is 138 Å². The summed E-state index contributed by atoms with van der Waals surface area (Å²) in [5, 5.41) is 7.07. The Hall–Kier alpha value is -1.95. The van der Waals surface area contributed by atoms with E-state index in [0.717, 1.165) is 0 Å². The van der Waals surface area contributed by atoms with E-state index in [0.29, 0.717) is 45.8 Å². The normalized spacial score (nSPS) is 12.6. The zero-order chi connectivity index (χ0) is 28.0. The Labute approximate surface area is 217 Å². The lowest BCUT2D eigenvalue weighted by atomic mass is 10.2. The molecule has 1 amide bonds. The van der Waals surface area contributed by atoms with Crippen molar-refractivity contribution in [3.8, 4) is 0 Å². The zero-order valence-electron chi connectivity index (χ0n) is 23.9. The van der Waals surface area contributed by atoms with Crippen LogP contribution in [0.1, 0.15) is 62.3 Å². The minimum atomic E-state index is -0.606. The van der Waals surface area contributed by atoms with Crippen molar-refractivity contribution < 1.29 is 28.6 Å². The molecule has 0 spiro atoms.